The van der Waals surface area contributed by atoms with Gasteiger partial charge in [-0.15, -0.1) is 0 Å². The van der Waals surface area contributed by atoms with E-state index in [0.717, 1.165) is 0 Å². The normalized spacial score (nSPS) is 19.6. The van der Waals surface area contributed by atoms with E-state index >= 15 is 0 Å². The van der Waals surface area contributed by atoms with Crippen molar-refractivity contribution in [3.63, 3.8) is 0 Å². The molecule has 8 nitrogen and oxygen atoms in total. The predicted octanol–water partition coefficient (Wildman–Crippen LogP) is -1.52. The number of carbonyl (C=O) groups is 2. The SMILES string of the molecule is NC(=O)C1CC(=O)N(c2ncnc(N)c2N)C1. The topological polar surface area (TPSA) is 141 Å². The van der Waals surface area contributed by atoms with E-state index in [9.17, 15) is 9.59 Å². The van der Waals surface area contributed by atoms with Crippen LogP contribution in [0.25, 0.3) is 0 Å². The largest absolute Gasteiger partial charge is 0.393 e. The quantitative estimate of drug-likeness (QED) is 0.569. The molecule has 2 heterocycles. The number of nitrogen functional groups attached to an aromatic ring is 2. The Morgan fingerprint density at radius 3 is 2.71 bits per heavy atom. The smallest absolute Gasteiger partial charge is 0.229 e. The van der Waals surface area contributed by atoms with E-state index in [1.807, 2.05) is 0 Å². The zero-order valence-corrected chi connectivity index (χ0v) is 8.96. The average molecular weight is 236 g/mol. The molecule has 1 atom stereocenters. The van der Waals surface area contributed by atoms with E-state index in [-0.39, 0.29) is 36.2 Å². The van der Waals surface area contributed by atoms with E-state index in [1.54, 1.807) is 0 Å². The minimum Gasteiger partial charge on any atom is -0.393 e. The van der Waals surface area contributed by atoms with E-state index in [2.05, 4.69) is 9.97 Å². The summed E-state index contributed by atoms with van der Waals surface area (Å²) in [4.78, 5) is 31.7. The van der Waals surface area contributed by atoms with Crippen LogP contribution in [0.15, 0.2) is 6.33 Å². The van der Waals surface area contributed by atoms with Crippen LogP contribution in [0.1, 0.15) is 6.42 Å². The summed E-state index contributed by atoms with van der Waals surface area (Å²) >= 11 is 0. The summed E-state index contributed by atoms with van der Waals surface area (Å²) in [5, 5.41) is 0. The Labute approximate surface area is 96.8 Å². The zero-order chi connectivity index (χ0) is 12.6. The molecular weight excluding hydrogens is 224 g/mol. The van der Waals surface area contributed by atoms with Crippen LogP contribution in [0, 0.1) is 5.92 Å². The molecule has 0 saturated carbocycles. The van der Waals surface area contributed by atoms with Gasteiger partial charge in [-0.3, -0.25) is 14.5 Å². The number of nitrogens with two attached hydrogens (primary N) is 3. The summed E-state index contributed by atoms with van der Waals surface area (Å²) in [6.45, 7) is 0.175. The lowest BCUT2D eigenvalue weighted by molar-refractivity contribution is -0.123. The molecule has 0 aliphatic carbocycles. The third-order valence-corrected chi connectivity index (χ3v) is 2.68. The van der Waals surface area contributed by atoms with Crippen molar-refractivity contribution in [2.24, 2.45) is 11.7 Å². The molecule has 2 amide bonds. The third-order valence-electron chi connectivity index (χ3n) is 2.68. The first kappa shape index (κ1) is 11.1. The fraction of sp³-hybridized carbons (Fsp3) is 0.333. The van der Waals surface area contributed by atoms with E-state index < -0.39 is 11.8 Å². The fourth-order valence-corrected chi connectivity index (χ4v) is 1.72. The number of primary amides is 1. The van der Waals surface area contributed by atoms with Gasteiger partial charge in [-0.25, -0.2) is 9.97 Å². The highest BCUT2D eigenvalue weighted by Gasteiger charge is 2.35. The van der Waals surface area contributed by atoms with Crippen LogP contribution in [0.3, 0.4) is 0 Å². The summed E-state index contributed by atoms with van der Waals surface area (Å²) in [5.41, 5.74) is 16.5. The lowest BCUT2D eigenvalue weighted by Crippen LogP contribution is -2.29. The van der Waals surface area contributed by atoms with Crippen LogP contribution >= 0.6 is 0 Å². The Balaban J connectivity index is 2.32. The van der Waals surface area contributed by atoms with Crippen LogP contribution in [-0.2, 0) is 9.59 Å². The van der Waals surface area contributed by atoms with Gasteiger partial charge in [0.1, 0.15) is 12.0 Å². The van der Waals surface area contributed by atoms with Gasteiger partial charge in [-0.2, -0.15) is 0 Å². The maximum Gasteiger partial charge on any atom is 0.229 e. The number of hydrogen-bond donors (Lipinski definition) is 3. The summed E-state index contributed by atoms with van der Waals surface area (Å²) in [6, 6.07) is 0. The number of carbonyl (C=O) groups excluding carboxylic acids is 2. The first-order valence-electron chi connectivity index (χ1n) is 4.96. The van der Waals surface area contributed by atoms with Crippen molar-refractivity contribution in [3.8, 4) is 0 Å². The molecule has 8 heteroatoms. The van der Waals surface area contributed by atoms with Gasteiger partial charge in [0, 0.05) is 13.0 Å². The van der Waals surface area contributed by atoms with Gasteiger partial charge in [0.05, 0.1) is 5.92 Å². The molecule has 0 bridgehead atoms. The Morgan fingerprint density at radius 1 is 1.41 bits per heavy atom. The highest BCUT2D eigenvalue weighted by atomic mass is 16.2. The maximum atomic E-state index is 11.7. The Bertz CT molecular complexity index is 488. The summed E-state index contributed by atoms with van der Waals surface area (Å²) in [6.07, 6.45) is 1.28. The van der Waals surface area contributed by atoms with Gasteiger partial charge in [-0.1, -0.05) is 0 Å². The molecule has 1 fully saturated rings. The predicted molar refractivity (Wildman–Crippen MR) is 60.5 cm³/mol. The van der Waals surface area contributed by atoms with Crippen LogP contribution in [0.2, 0.25) is 0 Å². The van der Waals surface area contributed by atoms with Gasteiger partial charge >= 0.3 is 0 Å². The van der Waals surface area contributed by atoms with E-state index in [4.69, 9.17) is 17.2 Å². The first-order chi connectivity index (χ1) is 8.00. The molecule has 1 saturated heterocycles. The molecule has 1 unspecified atom stereocenters. The lowest BCUT2D eigenvalue weighted by Gasteiger charge is -2.17. The lowest BCUT2D eigenvalue weighted by atomic mass is 10.1. The maximum absolute atomic E-state index is 11.7. The van der Waals surface area contributed by atoms with Crippen molar-refractivity contribution >= 4 is 29.1 Å². The zero-order valence-electron chi connectivity index (χ0n) is 8.96. The highest BCUT2D eigenvalue weighted by molar-refractivity contribution is 6.01. The highest BCUT2D eigenvalue weighted by Crippen LogP contribution is 2.29. The molecular formula is C9H12N6O2. The van der Waals surface area contributed by atoms with Gasteiger partial charge in [0.2, 0.25) is 11.8 Å². The van der Waals surface area contributed by atoms with E-state index in [1.165, 1.54) is 11.2 Å². The number of amides is 2. The van der Waals surface area contributed by atoms with Crippen molar-refractivity contribution in [1.82, 2.24) is 9.97 Å². The molecule has 2 rings (SSSR count). The van der Waals surface area contributed by atoms with E-state index in [0.29, 0.717) is 0 Å². The minimum absolute atomic E-state index is 0.0681. The third kappa shape index (κ3) is 1.84. The van der Waals surface area contributed by atoms with Crippen LogP contribution in [0.5, 0.6) is 0 Å². The second-order valence-electron chi connectivity index (χ2n) is 3.80. The van der Waals surface area contributed by atoms with Crippen molar-refractivity contribution in [1.29, 1.82) is 0 Å². The Kier molecular flexibility index (Phi) is 2.54. The summed E-state index contributed by atoms with van der Waals surface area (Å²) in [5.74, 6) is -0.949. The minimum atomic E-state index is -0.516. The summed E-state index contributed by atoms with van der Waals surface area (Å²) < 4.78 is 0. The van der Waals surface area contributed by atoms with Gasteiger partial charge < -0.3 is 17.2 Å². The summed E-state index contributed by atoms with van der Waals surface area (Å²) in [7, 11) is 0. The fourth-order valence-electron chi connectivity index (χ4n) is 1.72. The number of anilines is 3. The molecule has 6 N–H and O–H groups in total. The van der Waals surface area contributed by atoms with Crippen LogP contribution in [-0.4, -0.2) is 28.3 Å². The number of hydrogen-bond acceptors (Lipinski definition) is 6. The Morgan fingerprint density at radius 2 is 2.12 bits per heavy atom. The number of rotatable bonds is 2. The molecule has 17 heavy (non-hydrogen) atoms. The molecule has 90 valence electrons. The van der Waals surface area contributed by atoms with Crippen molar-refractivity contribution in [2.45, 2.75) is 6.42 Å². The molecule has 1 aliphatic heterocycles. The van der Waals surface area contributed by atoms with Crippen molar-refractivity contribution < 1.29 is 9.59 Å². The standard InChI is InChI=1S/C9H12N6O2/c10-6-7(11)13-3-14-9(6)15-2-4(8(12)17)1-5(15)16/h3-4H,1-2,10H2,(H2,12,17)(H2,11,13,14). The average Bonchev–Trinajstić information content (AvgIpc) is 2.65. The molecule has 1 aromatic rings. The van der Waals surface area contributed by atoms with Gasteiger partial charge in [0.15, 0.2) is 11.6 Å². The number of nitrogens with zero attached hydrogens (tertiary/aromatic N) is 3. The molecule has 0 spiro atoms. The molecule has 0 aromatic carbocycles. The second-order valence-corrected chi connectivity index (χ2v) is 3.80. The van der Waals surface area contributed by atoms with Crippen LogP contribution in [0.4, 0.5) is 17.3 Å². The van der Waals surface area contributed by atoms with Crippen molar-refractivity contribution in [2.75, 3.05) is 22.9 Å². The van der Waals surface area contributed by atoms with Crippen LogP contribution < -0.4 is 22.1 Å². The monoisotopic (exact) mass is 236 g/mol. The number of aromatic nitrogens is 2. The first-order valence-corrected chi connectivity index (χ1v) is 4.96. The van der Waals surface area contributed by atoms with Gasteiger partial charge in [0.25, 0.3) is 0 Å². The van der Waals surface area contributed by atoms with Crippen molar-refractivity contribution in [3.05, 3.63) is 6.33 Å². The second kappa shape index (κ2) is 3.89. The Hall–Kier alpha value is -2.38. The van der Waals surface area contributed by atoms with Gasteiger partial charge in [-0.05, 0) is 0 Å². The molecule has 1 aromatic heterocycles. The molecule has 0 radical (unpaired) electrons. The molecule has 1 aliphatic rings.